The van der Waals surface area contributed by atoms with Gasteiger partial charge in [-0.15, -0.1) is 0 Å². The van der Waals surface area contributed by atoms with Crippen molar-refractivity contribution in [3.05, 3.63) is 42.2 Å². The zero-order valence-corrected chi connectivity index (χ0v) is 10.7. The Labute approximate surface area is 110 Å². The van der Waals surface area contributed by atoms with E-state index in [1.54, 1.807) is 18.0 Å². The maximum atomic E-state index is 13.2. The van der Waals surface area contributed by atoms with Gasteiger partial charge in [-0.2, -0.15) is 0 Å². The second-order valence-electron chi connectivity index (χ2n) is 3.95. The molecule has 0 atom stereocenters. The Morgan fingerprint density at radius 1 is 1.16 bits per heavy atom. The monoisotopic (exact) mass is 264 g/mol. The summed E-state index contributed by atoms with van der Waals surface area (Å²) in [6, 6.07) is 5.45. The summed E-state index contributed by atoms with van der Waals surface area (Å²) in [4.78, 5) is 9.82. The zero-order valence-electron chi connectivity index (χ0n) is 10.7. The van der Waals surface area contributed by atoms with Crippen molar-refractivity contribution >= 4 is 17.3 Å². The summed E-state index contributed by atoms with van der Waals surface area (Å²) < 4.78 is 26.1. The normalized spacial score (nSPS) is 10.3. The van der Waals surface area contributed by atoms with Gasteiger partial charge in [-0.05, 0) is 19.1 Å². The first-order valence-corrected chi connectivity index (χ1v) is 5.86. The topological polar surface area (TPSA) is 41.0 Å². The Bertz CT molecular complexity index is 574. The summed E-state index contributed by atoms with van der Waals surface area (Å²) >= 11 is 0. The van der Waals surface area contributed by atoms with Crippen LogP contribution in [0.1, 0.15) is 6.92 Å². The summed E-state index contributed by atoms with van der Waals surface area (Å²) in [5, 5.41) is 3.06. The first kappa shape index (κ1) is 13.2. The van der Waals surface area contributed by atoms with Crippen LogP contribution in [-0.4, -0.2) is 23.6 Å². The fourth-order valence-corrected chi connectivity index (χ4v) is 1.63. The minimum Gasteiger partial charge on any atom is -0.370 e. The maximum Gasteiger partial charge on any atom is 0.160 e. The molecular formula is C13H14F2N4. The van der Waals surface area contributed by atoms with Crippen LogP contribution >= 0.6 is 0 Å². The van der Waals surface area contributed by atoms with Gasteiger partial charge >= 0.3 is 0 Å². The van der Waals surface area contributed by atoms with Crippen molar-refractivity contribution in [2.45, 2.75) is 6.92 Å². The van der Waals surface area contributed by atoms with E-state index in [0.717, 1.165) is 18.7 Å². The standard InChI is InChI=1S/C13H14F2N4/c1-3-16-12-7-13(18-8-17-12)19(2)9-4-5-10(14)11(15)6-9/h4-8H,3H2,1-2H3,(H,16,17,18). The van der Waals surface area contributed by atoms with Crippen molar-refractivity contribution in [1.29, 1.82) is 0 Å². The number of anilines is 3. The lowest BCUT2D eigenvalue weighted by atomic mass is 10.2. The molecule has 2 aromatic rings. The molecule has 2 rings (SSSR count). The molecule has 0 aliphatic carbocycles. The van der Waals surface area contributed by atoms with Gasteiger partial charge in [0, 0.05) is 31.4 Å². The minimum absolute atomic E-state index is 0.514. The molecule has 0 fully saturated rings. The second kappa shape index (κ2) is 5.60. The fraction of sp³-hybridized carbons (Fsp3) is 0.231. The summed E-state index contributed by atoms with van der Waals surface area (Å²) in [6.07, 6.45) is 1.42. The van der Waals surface area contributed by atoms with Gasteiger partial charge in [-0.3, -0.25) is 0 Å². The number of nitrogens with one attached hydrogen (secondary N) is 1. The highest BCUT2D eigenvalue weighted by Gasteiger charge is 2.09. The molecule has 1 aromatic carbocycles. The summed E-state index contributed by atoms with van der Waals surface area (Å²) in [5.74, 6) is -0.475. The van der Waals surface area contributed by atoms with Crippen molar-refractivity contribution in [2.75, 3.05) is 23.8 Å². The molecule has 6 heteroatoms. The number of hydrogen-bond acceptors (Lipinski definition) is 4. The Morgan fingerprint density at radius 3 is 2.63 bits per heavy atom. The van der Waals surface area contributed by atoms with Crippen molar-refractivity contribution in [2.24, 2.45) is 0 Å². The third kappa shape index (κ3) is 2.96. The Balaban J connectivity index is 2.29. The van der Waals surface area contributed by atoms with Gasteiger partial charge in [0.1, 0.15) is 18.0 Å². The first-order chi connectivity index (χ1) is 9.11. The number of nitrogens with zero attached hydrogens (tertiary/aromatic N) is 3. The average molecular weight is 264 g/mol. The third-order valence-electron chi connectivity index (χ3n) is 2.64. The lowest BCUT2D eigenvalue weighted by molar-refractivity contribution is 0.509. The van der Waals surface area contributed by atoms with Gasteiger partial charge in [0.25, 0.3) is 0 Å². The molecule has 100 valence electrons. The van der Waals surface area contributed by atoms with E-state index < -0.39 is 11.6 Å². The number of rotatable bonds is 4. The average Bonchev–Trinajstić information content (AvgIpc) is 2.42. The molecule has 0 unspecified atom stereocenters. The quantitative estimate of drug-likeness (QED) is 0.921. The number of benzene rings is 1. The highest BCUT2D eigenvalue weighted by atomic mass is 19.2. The lowest BCUT2D eigenvalue weighted by Crippen LogP contribution is -2.12. The van der Waals surface area contributed by atoms with E-state index in [0.29, 0.717) is 17.3 Å². The molecule has 0 amide bonds. The zero-order chi connectivity index (χ0) is 13.8. The van der Waals surface area contributed by atoms with E-state index in [-0.39, 0.29) is 0 Å². The van der Waals surface area contributed by atoms with Crippen molar-refractivity contribution in [3.63, 3.8) is 0 Å². The van der Waals surface area contributed by atoms with Crippen molar-refractivity contribution < 1.29 is 8.78 Å². The Morgan fingerprint density at radius 2 is 1.95 bits per heavy atom. The van der Waals surface area contributed by atoms with Crippen LogP contribution in [0.15, 0.2) is 30.6 Å². The van der Waals surface area contributed by atoms with E-state index >= 15 is 0 Å². The maximum absolute atomic E-state index is 13.2. The van der Waals surface area contributed by atoms with E-state index in [2.05, 4.69) is 15.3 Å². The van der Waals surface area contributed by atoms with Crippen LogP contribution in [0, 0.1) is 11.6 Å². The van der Waals surface area contributed by atoms with Gasteiger partial charge in [0.15, 0.2) is 11.6 Å². The molecule has 0 saturated heterocycles. The molecule has 1 aromatic heterocycles. The molecule has 0 aliphatic rings. The van der Waals surface area contributed by atoms with E-state index in [1.165, 1.54) is 12.4 Å². The molecule has 0 radical (unpaired) electrons. The van der Waals surface area contributed by atoms with Gasteiger partial charge in [-0.1, -0.05) is 0 Å². The van der Waals surface area contributed by atoms with Gasteiger partial charge in [0.05, 0.1) is 0 Å². The molecular weight excluding hydrogens is 250 g/mol. The van der Waals surface area contributed by atoms with Gasteiger partial charge < -0.3 is 10.2 Å². The van der Waals surface area contributed by atoms with Crippen molar-refractivity contribution in [1.82, 2.24) is 9.97 Å². The molecule has 0 aliphatic heterocycles. The van der Waals surface area contributed by atoms with Crippen LogP contribution in [0.2, 0.25) is 0 Å². The van der Waals surface area contributed by atoms with E-state index in [9.17, 15) is 8.78 Å². The van der Waals surface area contributed by atoms with E-state index in [4.69, 9.17) is 0 Å². The Kier molecular flexibility index (Phi) is 3.89. The fourth-order valence-electron chi connectivity index (χ4n) is 1.63. The van der Waals surface area contributed by atoms with Crippen LogP contribution in [0.3, 0.4) is 0 Å². The summed E-state index contributed by atoms with van der Waals surface area (Å²) in [5.41, 5.74) is 0.514. The predicted octanol–water partition coefficient (Wildman–Crippen LogP) is 2.95. The molecule has 4 nitrogen and oxygen atoms in total. The highest BCUT2D eigenvalue weighted by molar-refractivity contribution is 5.61. The molecule has 0 spiro atoms. The highest BCUT2D eigenvalue weighted by Crippen LogP contribution is 2.24. The predicted molar refractivity (Wildman–Crippen MR) is 70.6 cm³/mol. The third-order valence-corrected chi connectivity index (χ3v) is 2.64. The van der Waals surface area contributed by atoms with Crippen LogP contribution in [-0.2, 0) is 0 Å². The van der Waals surface area contributed by atoms with E-state index in [1.807, 2.05) is 6.92 Å². The van der Waals surface area contributed by atoms with Crippen LogP contribution < -0.4 is 10.2 Å². The lowest BCUT2D eigenvalue weighted by Gasteiger charge is -2.18. The molecule has 0 saturated carbocycles. The number of hydrogen-bond donors (Lipinski definition) is 1. The Hall–Kier alpha value is -2.24. The molecule has 19 heavy (non-hydrogen) atoms. The SMILES string of the molecule is CCNc1cc(N(C)c2ccc(F)c(F)c2)ncn1. The largest absolute Gasteiger partial charge is 0.370 e. The smallest absolute Gasteiger partial charge is 0.160 e. The van der Waals surface area contributed by atoms with Gasteiger partial charge in [-0.25, -0.2) is 18.7 Å². The minimum atomic E-state index is -0.884. The molecule has 1 N–H and O–H groups in total. The second-order valence-corrected chi connectivity index (χ2v) is 3.95. The molecule has 1 heterocycles. The summed E-state index contributed by atoms with van der Waals surface area (Å²) in [6.45, 7) is 2.70. The molecule has 0 bridgehead atoms. The first-order valence-electron chi connectivity index (χ1n) is 5.86. The van der Waals surface area contributed by atoms with Crippen LogP contribution in [0.4, 0.5) is 26.1 Å². The van der Waals surface area contributed by atoms with Crippen LogP contribution in [0.5, 0.6) is 0 Å². The number of halogens is 2. The van der Waals surface area contributed by atoms with Crippen molar-refractivity contribution in [3.8, 4) is 0 Å². The summed E-state index contributed by atoms with van der Waals surface area (Å²) in [7, 11) is 1.73. The van der Waals surface area contributed by atoms with Gasteiger partial charge in [0.2, 0.25) is 0 Å². The number of aromatic nitrogens is 2. The van der Waals surface area contributed by atoms with Crippen LogP contribution in [0.25, 0.3) is 0 Å².